The quantitative estimate of drug-likeness (QED) is 0.195. The van der Waals surface area contributed by atoms with E-state index >= 15 is 4.57 Å². The normalized spacial score (nSPS) is 15.6. The molecule has 3 heteroatoms. The molecule has 0 fully saturated rings. The van der Waals surface area contributed by atoms with Gasteiger partial charge < -0.3 is 9.13 Å². The summed E-state index contributed by atoms with van der Waals surface area (Å²) in [5.41, 5.74) is 7.76. The van der Waals surface area contributed by atoms with E-state index in [2.05, 4.69) is 126 Å². The minimum atomic E-state index is -3.21. The summed E-state index contributed by atoms with van der Waals surface area (Å²) in [6, 6.07) is 55.1. The van der Waals surface area contributed by atoms with Gasteiger partial charge >= 0.3 is 0 Å². The highest BCUT2D eigenvalue weighted by Crippen LogP contribution is 2.55. The number of aromatic nitrogens is 1. The van der Waals surface area contributed by atoms with Crippen molar-refractivity contribution in [3.8, 4) is 27.9 Å². The van der Waals surface area contributed by atoms with E-state index in [1.54, 1.807) is 0 Å². The number of benzene rings is 7. The number of para-hydroxylation sites is 1. The lowest BCUT2D eigenvalue weighted by Crippen LogP contribution is -2.21. The Morgan fingerprint density at radius 3 is 1.98 bits per heavy atom. The largest absolute Gasteiger partial charge is 0.309 e. The highest BCUT2D eigenvalue weighted by molar-refractivity contribution is 7.87. The number of nitrogens with zero attached hydrogens (tertiary/aromatic N) is 1. The van der Waals surface area contributed by atoms with E-state index < -0.39 is 7.14 Å². The Morgan fingerprint density at radius 2 is 1.16 bits per heavy atom. The molecule has 0 aliphatic carbocycles. The van der Waals surface area contributed by atoms with E-state index in [1.807, 2.05) is 36.4 Å². The fraction of sp³-hybridized carbons (Fsp3) is 0. The van der Waals surface area contributed by atoms with Gasteiger partial charge in [0.05, 0.1) is 11.0 Å². The van der Waals surface area contributed by atoms with E-state index in [-0.39, 0.29) is 0 Å². The van der Waals surface area contributed by atoms with Gasteiger partial charge in [0, 0.05) is 32.4 Å². The van der Waals surface area contributed by atoms with Crippen LogP contribution in [-0.4, -0.2) is 4.57 Å². The average molecular weight is 568 g/mol. The van der Waals surface area contributed by atoms with Crippen molar-refractivity contribution >= 4 is 55.6 Å². The van der Waals surface area contributed by atoms with E-state index in [0.717, 1.165) is 65.3 Å². The second-order valence-corrected chi connectivity index (χ2v) is 14.0. The van der Waals surface area contributed by atoms with E-state index in [4.69, 9.17) is 0 Å². The Labute approximate surface area is 249 Å². The van der Waals surface area contributed by atoms with Crippen molar-refractivity contribution in [3.63, 3.8) is 0 Å². The molecule has 0 bridgehead atoms. The number of fused-ring (bicyclic) bond motifs is 8. The van der Waals surface area contributed by atoms with Gasteiger partial charge in [-0.25, -0.2) is 0 Å². The standard InChI is InChI=1S/C40H26NOP/c42-43(32-18-5-2-6-19-32)38-26-30-15-8-7-14-29(30)25-35(38)33-22-23-37-39(40(33)43)34-20-9-10-21-36(34)41(37)31-17-11-16-28(24-31)27-12-3-1-4-13-27/h1-26H. The molecule has 0 N–H and O–H groups in total. The molecule has 2 nitrogen and oxygen atoms in total. The monoisotopic (exact) mass is 567 g/mol. The van der Waals surface area contributed by atoms with Gasteiger partial charge in [-0.05, 0) is 69.4 Å². The highest BCUT2D eigenvalue weighted by atomic mass is 31.2. The van der Waals surface area contributed by atoms with Crippen molar-refractivity contribution in [2.75, 3.05) is 0 Å². The number of rotatable bonds is 3. The maximum Gasteiger partial charge on any atom is 0.172 e. The van der Waals surface area contributed by atoms with Crippen molar-refractivity contribution in [2.45, 2.75) is 0 Å². The molecule has 1 aliphatic heterocycles. The lowest BCUT2D eigenvalue weighted by molar-refractivity contribution is 0.593. The average Bonchev–Trinajstić information content (AvgIpc) is 3.54. The Kier molecular flexibility index (Phi) is 5.21. The molecule has 2 heterocycles. The van der Waals surface area contributed by atoms with Crippen molar-refractivity contribution in [1.29, 1.82) is 0 Å². The lowest BCUT2D eigenvalue weighted by Gasteiger charge is -2.17. The first-order valence-corrected chi connectivity index (χ1v) is 16.3. The van der Waals surface area contributed by atoms with Crippen molar-refractivity contribution in [2.24, 2.45) is 0 Å². The van der Waals surface area contributed by atoms with Crippen LogP contribution in [-0.2, 0) is 4.57 Å². The zero-order chi connectivity index (χ0) is 28.5. The summed E-state index contributed by atoms with van der Waals surface area (Å²) in [7, 11) is -3.21. The van der Waals surface area contributed by atoms with E-state index in [0.29, 0.717) is 0 Å². The predicted octanol–water partition coefficient (Wildman–Crippen LogP) is 9.22. The molecule has 0 amide bonds. The summed E-state index contributed by atoms with van der Waals surface area (Å²) in [5.74, 6) is 0. The van der Waals surface area contributed by atoms with Crippen LogP contribution in [0.1, 0.15) is 0 Å². The van der Waals surface area contributed by atoms with Gasteiger partial charge in [-0.15, -0.1) is 0 Å². The molecular weight excluding hydrogens is 541 g/mol. The third kappa shape index (κ3) is 3.45. The number of hydrogen-bond donors (Lipinski definition) is 0. The Bertz CT molecular complexity index is 2420. The first kappa shape index (κ1) is 24.4. The summed E-state index contributed by atoms with van der Waals surface area (Å²) in [6.45, 7) is 0. The van der Waals surface area contributed by atoms with Crippen LogP contribution in [0.2, 0.25) is 0 Å². The van der Waals surface area contributed by atoms with Crippen LogP contribution in [0.4, 0.5) is 0 Å². The van der Waals surface area contributed by atoms with Gasteiger partial charge in [0.1, 0.15) is 0 Å². The summed E-state index contributed by atoms with van der Waals surface area (Å²) in [6.07, 6.45) is 0. The summed E-state index contributed by atoms with van der Waals surface area (Å²) < 4.78 is 18.3. The fourth-order valence-electron chi connectivity index (χ4n) is 7.05. The predicted molar refractivity (Wildman–Crippen MR) is 182 cm³/mol. The van der Waals surface area contributed by atoms with Crippen molar-refractivity contribution in [1.82, 2.24) is 4.57 Å². The second-order valence-electron chi connectivity index (χ2n) is 11.3. The van der Waals surface area contributed by atoms with Crippen molar-refractivity contribution < 1.29 is 4.57 Å². The molecule has 0 saturated heterocycles. The molecular formula is C40H26NOP. The van der Waals surface area contributed by atoms with Crippen LogP contribution < -0.4 is 15.9 Å². The summed E-state index contributed by atoms with van der Waals surface area (Å²) in [5, 5.41) is 7.23. The van der Waals surface area contributed by atoms with Crippen LogP contribution in [0.15, 0.2) is 158 Å². The summed E-state index contributed by atoms with van der Waals surface area (Å²) >= 11 is 0. The molecule has 0 spiro atoms. The van der Waals surface area contributed by atoms with Crippen molar-refractivity contribution in [3.05, 3.63) is 158 Å². The van der Waals surface area contributed by atoms with Gasteiger partial charge in [0.25, 0.3) is 0 Å². The maximum atomic E-state index is 15.9. The van der Waals surface area contributed by atoms with Crippen LogP contribution in [0.25, 0.3) is 60.5 Å². The molecule has 202 valence electrons. The Hall–Kier alpha value is -5.17. The molecule has 7 aromatic carbocycles. The molecule has 8 aromatic rings. The third-order valence-corrected chi connectivity index (χ3v) is 12.1. The minimum absolute atomic E-state index is 0.876. The summed E-state index contributed by atoms with van der Waals surface area (Å²) in [4.78, 5) is 0. The molecule has 0 radical (unpaired) electrons. The molecule has 1 atom stereocenters. The van der Waals surface area contributed by atoms with Gasteiger partial charge in [-0.3, -0.25) is 0 Å². The molecule has 1 unspecified atom stereocenters. The smallest absolute Gasteiger partial charge is 0.172 e. The van der Waals surface area contributed by atoms with Gasteiger partial charge in [-0.1, -0.05) is 121 Å². The topological polar surface area (TPSA) is 22.0 Å². The van der Waals surface area contributed by atoms with Crippen LogP contribution in [0.3, 0.4) is 0 Å². The van der Waals surface area contributed by atoms with E-state index in [1.165, 1.54) is 11.1 Å². The molecule has 9 rings (SSSR count). The van der Waals surface area contributed by atoms with Crippen LogP contribution >= 0.6 is 7.14 Å². The SMILES string of the molecule is O=P1(c2ccccc2)c2cc3ccccc3cc2-c2ccc3c(c21)c1ccccc1n3-c1cccc(-c2ccccc2)c1. The zero-order valence-electron chi connectivity index (χ0n) is 23.3. The molecule has 1 aromatic heterocycles. The zero-order valence-corrected chi connectivity index (χ0v) is 24.2. The van der Waals surface area contributed by atoms with Gasteiger partial charge in [0.2, 0.25) is 0 Å². The minimum Gasteiger partial charge on any atom is -0.309 e. The highest BCUT2D eigenvalue weighted by Gasteiger charge is 2.42. The molecule has 0 saturated carbocycles. The third-order valence-electron chi connectivity index (χ3n) is 8.95. The first-order valence-electron chi connectivity index (χ1n) is 14.6. The van der Waals surface area contributed by atoms with Crippen LogP contribution in [0.5, 0.6) is 0 Å². The second kappa shape index (κ2) is 9.16. The molecule has 1 aliphatic rings. The van der Waals surface area contributed by atoms with Crippen LogP contribution in [0, 0.1) is 0 Å². The van der Waals surface area contributed by atoms with E-state index in [9.17, 15) is 0 Å². The maximum absolute atomic E-state index is 15.9. The first-order chi connectivity index (χ1) is 21.2. The Morgan fingerprint density at radius 1 is 0.488 bits per heavy atom. The lowest BCUT2D eigenvalue weighted by atomic mass is 9.99. The fourth-order valence-corrected chi connectivity index (χ4v) is 10.3. The molecule has 43 heavy (non-hydrogen) atoms. The Balaban J connectivity index is 1.41. The van der Waals surface area contributed by atoms with Gasteiger partial charge in [0.15, 0.2) is 7.14 Å². The van der Waals surface area contributed by atoms with Gasteiger partial charge in [-0.2, -0.15) is 0 Å². The number of hydrogen-bond acceptors (Lipinski definition) is 1.